The van der Waals surface area contributed by atoms with Crippen LogP contribution in [0.3, 0.4) is 0 Å². The molecule has 70 valence electrons. The smallest absolute Gasteiger partial charge is 0.131 e. The summed E-state index contributed by atoms with van der Waals surface area (Å²) in [4.78, 5) is 6.74. The summed E-state index contributed by atoms with van der Waals surface area (Å²) in [6.07, 6.45) is 2.64. The lowest BCUT2D eigenvalue weighted by molar-refractivity contribution is 0.968. The van der Waals surface area contributed by atoms with Crippen LogP contribution in [0.1, 0.15) is 30.0 Å². The summed E-state index contributed by atoms with van der Waals surface area (Å²) < 4.78 is 0. The summed E-state index contributed by atoms with van der Waals surface area (Å²) in [6.45, 7) is 2.11. The van der Waals surface area contributed by atoms with Gasteiger partial charge in [-0.05, 0) is 31.4 Å². The van der Waals surface area contributed by atoms with Crippen molar-refractivity contribution in [1.82, 2.24) is 4.98 Å². The molecule has 1 aromatic rings. The Balaban J connectivity index is 2.36. The molecule has 0 radical (unpaired) electrons. The van der Waals surface area contributed by atoms with Gasteiger partial charge < -0.3 is 4.90 Å². The van der Waals surface area contributed by atoms with Crippen LogP contribution in [-0.4, -0.2) is 19.1 Å². The van der Waals surface area contributed by atoms with Gasteiger partial charge in [-0.25, -0.2) is 4.98 Å². The van der Waals surface area contributed by atoms with Gasteiger partial charge in [0.2, 0.25) is 0 Å². The number of pyridine rings is 1. The molecule has 0 aliphatic heterocycles. The van der Waals surface area contributed by atoms with Crippen molar-refractivity contribution >= 4 is 5.82 Å². The number of rotatable bonds is 2. The van der Waals surface area contributed by atoms with Gasteiger partial charge in [-0.15, -0.1) is 0 Å². The lowest BCUT2D eigenvalue weighted by Gasteiger charge is -2.15. The number of hydrogen-bond donors (Lipinski definition) is 0. The Morgan fingerprint density at radius 1 is 1.31 bits per heavy atom. The lowest BCUT2D eigenvalue weighted by Crippen LogP contribution is -2.12. The van der Waals surface area contributed by atoms with Crippen LogP contribution >= 0.6 is 0 Å². The van der Waals surface area contributed by atoms with E-state index in [0.717, 1.165) is 11.7 Å². The molecule has 0 N–H and O–H groups in total. The first-order chi connectivity index (χ1) is 6.18. The Morgan fingerprint density at radius 2 is 2.00 bits per heavy atom. The molecule has 2 heteroatoms. The molecule has 0 unspecified atom stereocenters. The molecule has 0 bridgehead atoms. The highest BCUT2D eigenvalue weighted by Crippen LogP contribution is 2.39. The van der Waals surface area contributed by atoms with Crippen molar-refractivity contribution in [2.24, 2.45) is 0 Å². The minimum absolute atomic E-state index is 0.749. The molecule has 13 heavy (non-hydrogen) atoms. The van der Waals surface area contributed by atoms with E-state index in [0.29, 0.717) is 0 Å². The van der Waals surface area contributed by atoms with Crippen LogP contribution in [0.4, 0.5) is 5.82 Å². The first-order valence-electron chi connectivity index (χ1n) is 4.83. The zero-order valence-electron chi connectivity index (χ0n) is 8.54. The fourth-order valence-corrected chi connectivity index (χ4v) is 1.59. The maximum Gasteiger partial charge on any atom is 0.131 e. The number of anilines is 1. The van der Waals surface area contributed by atoms with Gasteiger partial charge in [-0.2, -0.15) is 0 Å². The molecule has 0 amide bonds. The Morgan fingerprint density at radius 3 is 2.54 bits per heavy atom. The van der Waals surface area contributed by atoms with E-state index in [1.54, 1.807) is 0 Å². The predicted octanol–water partition coefficient (Wildman–Crippen LogP) is 2.33. The second-order valence-corrected chi connectivity index (χ2v) is 4.05. The van der Waals surface area contributed by atoms with Crippen molar-refractivity contribution < 1.29 is 0 Å². The minimum Gasteiger partial charge on any atom is -0.363 e. The highest BCUT2D eigenvalue weighted by molar-refractivity contribution is 5.46. The van der Waals surface area contributed by atoms with Gasteiger partial charge in [0.05, 0.1) is 0 Å². The quantitative estimate of drug-likeness (QED) is 0.687. The molecular formula is C11H16N2. The molecule has 0 aromatic carbocycles. The van der Waals surface area contributed by atoms with Crippen LogP contribution < -0.4 is 4.90 Å². The standard InChI is InChI=1S/C11H16N2/c1-8-4-7-10(9-5-6-9)12-11(8)13(2)3/h4,7,9H,5-6H2,1-3H3. The van der Waals surface area contributed by atoms with Gasteiger partial charge in [-0.1, -0.05) is 6.07 Å². The summed E-state index contributed by atoms with van der Waals surface area (Å²) in [5, 5.41) is 0. The van der Waals surface area contributed by atoms with Crippen molar-refractivity contribution in [3.05, 3.63) is 23.4 Å². The number of hydrogen-bond acceptors (Lipinski definition) is 2. The molecule has 2 rings (SSSR count). The van der Waals surface area contributed by atoms with E-state index >= 15 is 0 Å². The zero-order chi connectivity index (χ0) is 9.42. The van der Waals surface area contributed by atoms with Gasteiger partial charge in [0, 0.05) is 25.7 Å². The van der Waals surface area contributed by atoms with Crippen molar-refractivity contribution in [3.63, 3.8) is 0 Å². The molecule has 1 heterocycles. The molecular weight excluding hydrogens is 160 g/mol. The van der Waals surface area contributed by atoms with Gasteiger partial charge in [0.1, 0.15) is 5.82 Å². The SMILES string of the molecule is Cc1ccc(C2CC2)nc1N(C)C. The molecule has 1 aliphatic rings. The van der Waals surface area contributed by atoms with Crippen LogP contribution in [0.2, 0.25) is 0 Å². The van der Waals surface area contributed by atoms with Gasteiger partial charge in [0.25, 0.3) is 0 Å². The number of aromatic nitrogens is 1. The monoisotopic (exact) mass is 176 g/mol. The van der Waals surface area contributed by atoms with Gasteiger partial charge >= 0.3 is 0 Å². The molecule has 1 aliphatic carbocycles. The Bertz CT molecular complexity index is 314. The summed E-state index contributed by atoms with van der Waals surface area (Å²) in [6, 6.07) is 4.34. The molecule has 2 nitrogen and oxygen atoms in total. The van der Waals surface area contributed by atoms with Gasteiger partial charge in [-0.3, -0.25) is 0 Å². The molecule has 1 aromatic heterocycles. The van der Waals surface area contributed by atoms with Crippen LogP contribution in [-0.2, 0) is 0 Å². The summed E-state index contributed by atoms with van der Waals surface area (Å²) in [5.41, 5.74) is 2.53. The van der Waals surface area contributed by atoms with E-state index in [-0.39, 0.29) is 0 Å². The van der Waals surface area contributed by atoms with Crippen molar-refractivity contribution in [1.29, 1.82) is 0 Å². The van der Waals surface area contributed by atoms with Crippen molar-refractivity contribution in [3.8, 4) is 0 Å². The Labute approximate surface area is 79.6 Å². The van der Waals surface area contributed by atoms with E-state index in [1.165, 1.54) is 24.1 Å². The lowest BCUT2D eigenvalue weighted by atomic mass is 10.2. The Kier molecular flexibility index (Phi) is 1.98. The molecule has 0 spiro atoms. The molecule has 0 atom stereocenters. The minimum atomic E-state index is 0.749. The van der Waals surface area contributed by atoms with Gasteiger partial charge in [0.15, 0.2) is 0 Å². The normalized spacial score (nSPS) is 15.9. The number of aryl methyl sites for hydroxylation is 1. The van der Waals surface area contributed by atoms with Crippen molar-refractivity contribution in [2.75, 3.05) is 19.0 Å². The fourth-order valence-electron chi connectivity index (χ4n) is 1.59. The molecule has 1 saturated carbocycles. The second-order valence-electron chi connectivity index (χ2n) is 4.05. The third kappa shape index (κ3) is 1.67. The largest absolute Gasteiger partial charge is 0.363 e. The topological polar surface area (TPSA) is 16.1 Å². The predicted molar refractivity (Wildman–Crippen MR) is 55.3 cm³/mol. The average Bonchev–Trinajstić information content (AvgIpc) is 2.87. The van der Waals surface area contributed by atoms with Crippen molar-refractivity contribution in [2.45, 2.75) is 25.7 Å². The van der Waals surface area contributed by atoms with E-state index < -0.39 is 0 Å². The van der Waals surface area contributed by atoms with Crippen LogP contribution in [0.15, 0.2) is 12.1 Å². The first-order valence-corrected chi connectivity index (χ1v) is 4.83. The zero-order valence-corrected chi connectivity index (χ0v) is 8.54. The van der Waals surface area contributed by atoms with E-state index in [1.807, 2.05) is 14.1 Å². The van der Waals surface area contributed by atoms with E-state index in [4.69, 9.17) is 0 Å². The maximum atomic E-state index is 4.66. The van der Waals surface area contributed by atoms with Crippen LogP contribution in [0.25, 0.3) is 0 Å². The summed E-state index contributed by atoms with van der Waals surface area (Å²) in [7, 11) is 4.10. The summed E-state index contributed by atoms with van der Waals surface area (Å²) in [5.74, 6) is 1.86. The third-order valence-electron chi connectivity index (χ3n) is 2.51. The Hall–Kier alpha value is -1.05. The maximum absolute atomic E-state index is 4.66. The molecule has 0 saturated heterocycles. The fraction of sp³-hybridized carbons (Fsp3) is 0.545. The highest BCUT2D eigenvalue weighted by atomic mass is 15.1. The summed E-state index contributed by atoms with van der Waals surface area (Å²) >= 11 is 0. The number of nitrogens with zero attached hydrogens (tertiary/aromatic N) is 2. The first kappa shape index (κ1) is 8.54. The second kappa shape index (κ2) is 3.02. The van der Waals surface area contributed by atoms with Crippen LogP contribution in [0, 0.1) is 6.92 Å². The highest BCUT2D eigenvalue weighted by Gasteiger charge is 2.25. The van der Waals surface area contributed by atoms with Crippen LogP contribution in [0.5, 0.6) is 0 Å². The third-order valence-corrected chi connectivity index (χ3v) is 2.51. The average molecular weight is 176 g/mol. The van der Waals surface area contributed by atoms with E-state index in [9.17, 15) is 0 Å². The van der Waals surface area contributed by atoms with E-state index in [2.05, 4.69) is 28.9 Å². The molecule has 1 fully saturated rings.